The van der Waals surface area contributed by atoms with Crippen molar-refractivity contribution in [2.45, 2.75) is 25.8 Å². The number of rotatable bonds is 4. The zero-order valence-electron chi connectivity index (χ0n) is 14.8. The first-order chi connectivity index (χ1) is 13.0. The molecule has 1 aliphatic rings. The number of hydrogen-bond donors (Lipinski definition) is 1. The number of benzene rings is 2. The molecule has 7 heteroatoms. The molecule has 1 unspecified atom stereocenters. The van der Waals surface area contributed by atoms with Crippen molar-refractivity contribution in [2.24, 2.45) is 0 Å². The van der Waals surface area contributed by atoms with Gasteiger partial charge in [0.05, 0.1) is 5.52 Å². The number of hydrogen-bond acceptors (Lipinski definition) is 4. The summed E-state index contributed by atoms with van der Waals surface area (Å²) in [4.78, 5) is 38.3. The van der Waals surface area contributed by atoms with E-state index in [4.69, 9.17) is 4.42 Å². The Morgan fingerprint density at radius 3 is 2.56 bits per heavy atom. The summed E-state index contributed by atoms with van der Waals surface area (Å²) in [6.45, 7) is 2.37. The zero-order valence-corrected chi connectivity index (χ0v) is 14.8. The van der Waals surface area contributed by atoms with Crippen LogP contribution < -0.4 is 16.0 Å². The molecule has 1 fully saturated rings. The van der Waals surface area contributed by atoms with Crippen molar-refractivity contribution < 1.29 is 14.0 Å². The number of nitrogens with zero attached hydrogens (tertiary/aromatic N) is 2. The van der Waals surface area contributed by atoms with Crippen molar-refractivity contribution in [3.8, 4) is 0 Å². The molecule has 1 N–H and O–H groups in total. The minimum absolute atomic E-state index is 0.117. The molecule has 0 saturated carbocycles. The smallest absolute Gasteiger partial charge is 0.408 e. The van der Waals surface area contributed by atoms with E-state index in [1.165, 1.54) is 4.57 Å². The number of para-hydroxylation sites is 2. The average Bonchev–Trinajstić information content (AvgIpc) is 3.24. The topological polar surface area (TPSA) is 84.5 Å². The normalized spacial score (nSPS) is 15.3. The van der Waals surface area contributed by atoms with Crippen molar-refractivity contribution in [2.75, 3.05) is 16.8 Å². The van der Waals surface area contributed by atoms with Crippen LogP contribution in [0.3, 0.4) is 0 Å². The molecule has 2 aromatic carbocycles. The lowest BCUT2D eigenvalue weighted by Crippen LogP contribution is -2.29. The lowest BCUT2D eigenvalue weighted by atomic mass is 10.2. The predicted octanol–water partition coefficient (Wildman–Crippen LogP) is 2.92. The predicted molar refractivity (Wildman–Crippen MR) is 102 cm³/mol. The van der Waals surface area contributed by atoms with Gasteiger partial charge in [-0.2, -0.15) is 0 Å². The molecule has 0 spiro atoms. The van der Waals surface area contributed by atoms with E-state index in [1.807, 2.05) is 12.1 Å². The van der Waals surface area contributed by atoms with Gasteiger partial charge in [0.25, 0.3) is 0 Å². The monoisotopic (exact) mass is 365 g/mol. The third-order valence-corrected chi connectivity index (χ3v) is 4.81. The Morgan fingerprint density at radius 2 is 1.85 bits per heavy atom. The van der Waals surface area contributed by atoms with Crippen LogP contribution in [-0.2, 0) is 9.59 Å². The largest absolute Gasteiger partial charge is 0.420 e. The number of oxazole rings is 1. The van der Waals surface area contributed by atoms with Gasteiger partial charge in [-0.1, -0.05) is 12.1 Å². The van der Waals surface area contributed by atoms with Crippen LogP contribution in [0.15, 0.2) is 57.7 Å². The van der Waals surface area contributed by atoms with Crippen LogP contribution in [0.2, 0.25) is 0 Å². The highest BCUT2D eigenvalue weighted by Crippen LogP contribution is 2.24. The van der Waals surface area contributed by atoms with E-state index >= 15 is 0 Å². The molecule has 0 aliphatic carbocycles. The Morgan fingerprint density at radius 1 is 1.11 bits per heavy atom. The molecule has 0 bridgehead atoms. The molecular weight excluding hydrogens is 346 g/mol. The number of amides is 2. The summed E-state index contributed by atoms with van der Waals surface area (Å²) in [5.74, 6) is -0.776. The van der Waals surface area contributed by atoms with Gasteiger partial charge < -0.3 is 14.6 Å². The number of carbonyl (C=O) groups excluding carboxylic acids is 2. The maximum atomic E-state index is 12.6. The molecule has 1 aliphatic heterocycles. The molecule has 2 heterocycles. The average molecular weight is 365 g/mol. The van der Waals surface area contributed by atoms with E-state index in [2.05, 4.69) is 5.32 Å². The van der Waals surface area contributed by atoms with Gasteiger partial charge in [0.2, 0.25) is 11.8 Å². The van der Waals surface area contributed by atoms with E-state index < -0.39 is 11.8 Å². The second-order valence-electron chi connectivity index (χ2n) is 6.57. The van der Waals surface area contributed by atoms with E-state index in [1.54, 1.807) is 48.2 Å². The fourth-order valence-corrected chi connectivity index (χ4v) is 3.36. The summed E-state index contributed by atoms with van der Waals surface area (Å²) in [7, 11) is 0. The maximum Gasteiger partial charge on any atom is 0.420 e. The van der Waals surface area contributed by atoms with Gasteiger partial charge in [-0.05, 0) is 49.7 Å². The van der Waals surface area contributed by atoms with Crippen LogP contribution in [0.25, 0.3) is 11.1 Å². The summed E-state index contributed by atoms with van der Waals surface area (Å²) in [5, 5.41) is 2.81. The number of nitrogens with one attached hydrogen (secondary N) is 1. The standard InChI is InChI=1S/C20H19N3O4/c1-13(23-16-5-2-3-6-17(16)27-20(23)26)19(25)21-14-8-10-15(11-9-14)22-12-4-7-18(22)24/h2-3,5-6,8-11,13H,4,7,12H2,1H3,(H,21,25). The molecule has 4 rings (SSSR count). The van der Waals surface area contributed by atoms with Crippen molar-refractivity contribution in [1.82, 2.24) is 4.57 Å². The van der Waals surface area contributed by atoms with E-state index in [-0.39, 0.29) is 11.8 Å². The molecule has 2 amide bonds. The summed E-state index contributed by atoms with van der Waals surface area (Å²) in [6.07, 6.45) is 1.44. The molecule has 27 heavy (non-hydrogen) atoms. The van der Waals surface area contributed by atoms with Crippen LogP contribution in [-0.4, -0.2) is 22.9 Å². The van der Waals surface area contributed by atoms with Crippen molar-refractivity contribution in [3.63, 3.8) is 0 Å². The first-order valence-electron chi connectivity index (χ1n) is 8.86. The van der Waals surface area contributed by atoms with Crippen molar-refractivity contribution in [1.29, 1.82) is 0 Å². The number of anilines is 2. The first-order valence-corrected chi connectivity index (χ1v) is 8.86. The quantitative estimate of drug-likeness (QED) is 0.770. The Hall–Kier alpha value is -3.35. The fourth-order valence-electron chi connectivity index (χ4n) is 3.36. The van der Waals surface area contributed by atoms with Gasteiger partial charge >= 0.3 is 5.76 Å². The molecular formula is C20H19N3O4. The number of carbonyl (C=O) groups is 2. The summed E-state index contributed by atoms with van der Waals surface area (Å²) >= 11 is 0. The van der Waals surface area contributed by atoms with Crippen LogP contribution >= 0.6 is 0 Å². The van der Waals surface area contributed by atoms with Gasteiger partial charge in [-0.25, -0.2) is 4.79 Å². The van der Waals surface area contributed by atoms with Crippen LogP contribution in [0.5, 0.6) is 0 Å². The molecule has 138 valence electrons. The van der Waals surface area contributed by atoms with Crippen molar-refractivity contribution >= 4 is 34.3 Å². The minimum atomic E-state index is -0.735. The second-order valence-corrected chi connectivity index (χ2v) is 6.57. The summed E-state index contributed by atoms with van der Waals surface area (Å²) in [5.41, 5.74) is 2.44. The second kappa shape index (κ2) is 6.75. The molecule has 7 nitrogen and oxygen atoms in total. The molecule has 1 aromatic heterocycles. The Labute approximate surface area is 155 Å². The van der Waals surface area contributed by atoms with Crippen LogP contribution in [0.4, 0.5) is 11.4 Å². The maximum absolute atomic E-state index is 12.6. The lowest BCUT2D eigenvalue weighted by Gasteiger charge is -2.17. The SMILES string of the molecule is CC(C(=O)Nc1ccc(N2CCCC2=O)cc1)n1c(=O)oc2ccccc21. The summed E-state index contributed by atoms with van der Waals surface area (Å²) < 4.78 is 6.53. The fraction of sp³-hybridized carbons (Fsp3) is 0.250. The minimum Gasteiger partial charge on any atom is -0.408 e. The molecule has 1 saturated heterocycles. The van der Waals surface area contributed by atoms with E-state index in [0.29, 0.717) is 23.2 Å². The number of fused-ring (bicyclic) bond motifs is 1. The van der Waals surface area contributed by atoms with Crippen LogP contribution in [0.1, 0.15) is 25.8 Å². The Bertz CT molecular complexity index is 1060. The van der Waals surface area contributed by atoms with Crippen molar-refractivity contribution in [3.05, 3.63) is 59.1 Å². The highest BCUT2D eigenvalue weighted by molar-refractivity contribution is 5.97. The molecule has 1 atom stereocenters. The van der Waals surface area contributed by atoms with Gasteiger partial charge in [0.15, 0.2) is 5.58 Å². The lowest BCUT2D eigenvalue weighted by molar-refractivity contribution is -0.119. The third kappa shape index (κ3) is 3.12. The van der Waals surface area contributed by atoms with Gasteiger partial charge in [-0.15, -0.1) is 0 Å². The molecule has 3 aromatic rings. The van der Waals surface area contributed by atoms with Gasteiger partial charge in [0.1, 0.15) is 6.04 Å². The van der Waals surface area contributed by atoms with Gasteiger partial charge in [-0.3, -0.25) is 14.2 Å². The number of aromatic nitrogens is 1. The zero-order chi connectivity index (χ0) is 19.0. The van der Waals surface area contributed by atoms with E-state index in [9.17, 15) is 14.4 Å². The first kappa shape index (κ1) is 17.1. The Kier molecular flexibility index (Phi) is 4.27. The Balaban J connectivity index is 1.52. The third-order valence-electron chi connectivity index (χ3n) is 4.81. The highest BCUT2D eigenvalue weighted by Gasteiger charge is 2.23. The van der Waals surface area contributed by atoms with Gasteiger partial charge in [0, 0.05) is 24.3 Å². The summed E-state index contributed by atoms with van der Waals surface area (Å²) in [6, 6.07) is 13.4. The molecule has 0 radical (unpaired) electrons. The highest BCUT2D eigenvalue weighted by atomic mass is 16.4. The van der Waals surface area contributed by atoms with E-state index in [0.717, 1.165) is 18.7 Å². The van der Waals surface area contributed by atoms with Crippen LogP contribution in [0, 0.1) is 0 Å².